The molecule has 0 spiro atoms. The fourth-order valence-corrected chi connectivity index (χ4v) is 2.02. The molecule has 1 unspecified atom stereocenters. The molecule has 5 heteroatoms. The number of hydrogen-bond donors (Lipinski definition) is 2. The van der Waals surface area contributed by atoms with Gasteiger partial charge in [0.1, 0.15) is 13.2 Å². The van der Waals surface area contributed by atoms with Gasteiger partial charge in [-0.15, -0.1) is 0 Å². The normalized spacial score (nSPS) is 17.0. The van der Waals surface area contributed by atoms with Gasteiger partial charge in [-0.05, 0) is 31.7 Å². The first-order chi connectivity index (χ1) is 8.55. The highest BCUT2D eigenvalue weighted by atomic mass is 16.6. The molecular formula is C13H17NO4. The Balaban J connectivity index is 2.34. The molecule has 1 atom stereocenters. The standard InChI is InChI=1S/C13H17NO4/c1-13(14-2,8-12(15)16)9-3-4-10-11(7-9)18-6-5-17-10/h3-4,7,14H,5-6,8H2,1-2H3,(H,15,16). The lowest BCUT2D eigenvalue weighted by atomic mass is 9.88. The largest absolute Gasteiger partial charge is 0.486 e. The topological polar surface area (TPSA) is 67.8 Å². The van der Waals surface area contributed by atoms with Crippen molar-refractivity contribution < 1.29 is 19.4 Å². The SMILES string of the molecule is CNC(C)(CC(=O)O)c1ccc2c(c1)OCCO2. The van der Waals surface area contributed by atoms with Crippen molar-refractivity contribution in [1.82, 2.24) is 5.32 Å². The number of aliphatic carboxylic acids is 1. The van der Waals surface area contributed by atoms with E-state index in [1.807, 2.05) is 25.1 Å². The van der Waals surface area contributed by atoms with Crippen LogP contribution in [0.15, 0.2) is 18.2 Å². The summed E-state index contributed by atoms with van der Waals surface area (Å²) in [7, 11) is 1.75. The van der Waals surface area contributed by atoms with Gasteiger partial charge in [0, 0.05) is 0 Å². The summed E-state index contributed by atoms with van der Waals surface area (Å²) < 4.78 is 11.0. The number of rotatable bonds is 4. The van der Waals surface area contributed by atoms with Gasteiger partial charge >= 0.3 is 5.97 Å². The number of fused-ring (bicyclic) bond motifs is 1. The van der Waals surface area contributed by atoms with Crippen molar-refractivity contribution >= 4 is 5.97 Å². The third kappa shape index (κ3) is 2.41. The summed E-state index contributed by atoms with van der Waals surface area (Å²) in [6.07, 6.45) is 0.00312. The maximum atomic E-state index is 10.9. The number of benzene rings is 1. The molecule has 0 saturated carbocycles. The minimum atomic E-state index is -0.846. The van der Waals surface area contributed by atoms with E-state index in [1.54, 1.807) is 7.05 Å². The summed E-state index contributed by atoms with van der Waals surface area (Å²) in [5.41, 5.74) is 0.249. The first-order valence-corrected chi connectivity index (χ1v) is 5.86. The fourth-order valence-electron chi connectivity index (χ4n) is 2.02. The highest BCUT2D eigenvalue weighted by Gasteiger charge is 2.29. The summed E-state index contributed by atoms with van der Waals surface area (Å²) in [4.78, 5) is 10.9. The summed E-state index contributed by atoms with van der Waals surface area (Å²) in [6, 6.07) is 5.53. The Kier molecular flexibility index (Phi) is 3.43. The molecule has 18 heavy (non-hydrogen) atoms. The van der Waals surface area contributed by atoms with Crippen molar-refractivity contribution in [2.75, 3.05) is 20.3 Å². The molecule has 1 aliphatic rings. The molecule has 5 nitrogen and oxygen atoms in total. The van der Waals surface area contributed by atoms with Gasteiger partial charge in [0.05, 0.1) is 12.0 Å². The Morgan fingerprint density at radius 3 is 2.67 bits per heavy atom. The van der Waals surface area contributed by atoms with E-state index in [9.17, 15) is 4.79 Å². The number of ether oxygens (including phenoxy) is 2. The Labute approximate surface area is 106 Å². The second kappa shape index (κ2) is 4.86. The van der Waals surface area contributed by atoms with E-state index < -0.39 is 11.5 Å². The lowest BCUT2D eigenvalue weighted by molar-refractivity contribution is -0.138. The first-order valence-electron chi connectivity index (χ1n) is 5.86. The van der Waals surface area contributed by atoms with Crippen molar-refractivity contribution in [2.45, 2.75) is 18.9 Å². The summed E-state index contributed by atoms with van der Waals surface area (Å²) in [5, 5.41) is 12.0. The third-order valence-corrected chi connectivity index (χ3v) is 3.24. The van der Waals surface area contributed by atoms with E-state index in [0.717, 1.165) is 5.56 Å². The van der Waals surface area contributed by atoms with Crippen LogP contribution in [0.5, 0.6) is 11.5 Å². The highest BCUT2D eigenvalue weighted by molar-refractivity contribution is 5.69. The van der Waals surface area contributed by atoms with Crippen LogP contribution in [-0.4, -0.2) is 31.3 Å². The van der Waals surface area contributed by atoms with Crippen LogP contribution >= 0.6 is 0 Å². The molecule has 0 bridgehead atoms. The van der Waals surface area contributed by atoms with Crippen molar-refractivity contribution in [3.63, 3.8) is 0 Å². The molecule has 0 amide bonds. The van der Waals surface area contributed by atoms with Gasteiger partial charge in [0.15, 0.2) is 11.5 Å². The summed E-state index contributed by atoms with van der Waals surface area (Å²) in [5.74, 6) is 0.533. The second-order valence-electron chi connectivity index (χ2n) is 4.51. The van der Waals surface area contributed by atoms with Crippen LogP contribution < -0.4 is 14.8 Å². The minimum Gasteiger partial charge on any atom is -0.486 e. The number of nitrogens with one attached hydrogen (secondary N) is 1. The predicted molar refractivity (Wildman–Crippen MR) is 66.1 cm³/mol. The molecule has 1 aromatic rings. The molecule has 0 fully saturated rings. The molecular weight excluding hydrogens is 234 g/mol. The number of carboxylic acid groups (broad SMARTS) is 1. The van der Waals surface area contributed by atoms with Crippen LogP contribution in [0.25, 0.3) is 0 Å². The Hall–Kier alpha value is -1.75. The molecule has 0 saturated heterocycles. The van der Waals surface area contributed by atoms with E-state index in [-0.39, 0.29) is 6.42 Å². The fraction of sp³-hybridized carbons (Fsp3) is 0.462. The van der Waals surface area contributed by atoms with Gasteiger partial charge < -0.3 is 19.9 Å². The van der Waals surface area contributed by atoms with E-state index in [4.69, 9.17) is 14.6 Å². The van der Waals surface area contributed by atoms with Crippen LogP contribution in [-0.2, 0) is 10.3 Å². The molecule has 0 aromatic heterocycles. The number of carboxylic acids is 1. The van der Waals surface area contributed by atoms with E-state index in [2.05, 4.69) is 5.32 Å². The van der Waals surface area contributed by atoms with Crippen LogP contribution in [0.4, 0.5) is 0 Å². The maximum absolute atomic E-state index is 10.9. The lowest BCUT2D eigenvalue weighted by Gasteiger charge is -2.29. The van der Waals surface area contributed by atoms with Gasteiger partial charge in [-0.2, -0.15) is 0 Å². The predicted octanol–water partition coefficient (Wildman–Crippen LogP) is 1.37. The van der Waals surface area contributed by atoms with Crippen LogP contribution in [0.2, 0.25) is 0 Å². The van der Waals surface area contributed by atoms with Gasteiger partial charge in [-0.3, -0.25) is 4.79 Å². The Morgan fingerprint density at radius 1 is 1.39 bits per heavy atom. The molecule has 0 aliphatic carbocycles. The van der Waals surface area contributed by atoms with Crippen LogP contribution in [0, 0.1) is 0 Å². The third-order valence-electron chi connectivity index (χ3n) is 3.24. The summed E-state index contributed by atoms with van der Waals surface area (Å²) >= 11 is 0. The molecule has 0 radical (unpaired) electrons. The average Bonchev–Trinajstić information content (AvgIpc) is 2.37. The molecule has 1 aromatic carbocycles. The zero-order chi connectivity index (χ0) is 13.2. The quantitative estimate of drug-likeness (QED) is 0.846. The zero-order valence-corrected chi connectivity index (χ0v) is 10.5. The Morgan fingerprint density at radius 2 is 2.06 bits per heavy atom. The average molecular weight is 251 g/mol. The second-order valence-corrected chi connectivity index (χ2v) is 4.51. The molecule has 2 rings (SSSR count). The van der Waals surface area contributed by atoms with E-state index in [0.29, 0.717) is 24.7 Å². The molecule has 98 valence electrons. The van der Waals surface area contributed by atoms with Gasteiger partial charge in [0.25, 0.3) is 0 Å². The smallest absolute Gasteiger partial charge is 0.305 e. The molecule has 1 heterocycles. The maximum Gasteiger partial charge on any atom is 0.305 e. The van der Waals surface area contributed by atoms with Gasteiger partial charge in [-0.1, -0.05) is 6.07 Å². The van der Waals surface area contributed by atoms with Crippen molar-refractivity contribution in [1.29, 1.82) is 0 Å². The minimum absolute atomic E-state index is 0.00312. The van der Waals surface area contributed by atoms with Crippen LogP contribution in [0.1, 0.15) is 18.9 Å². The monoisotopic (exact) mass is 251 g/mol. The molecule has 2 N–H and O–H groups in total. The van der Waals surface area contributed by atoms with Gasteiger partial charge in [0.2, 0.25) is 0 Å². The van der Waals surface area contributed by atoms with Crippen molar-refractivity contribution in [3.8, 4) is 11.5 Å². The van der Waals surface area contributed by atoms with Crippen molar-refractivity contribution in [2.24, 2.45) is 0 Å². The zero-order valence-electron chi connectivity index (χ0n) is 10.5. The lowest BCUT2D eigenvalue weighted by Crippen LogP contribution is -2.39. The first kappa shape index (κ1) is 12.7. The van der Waals surface area contributed by atoms with E-state index >= 15 is 0 Å². The number of carbonyl (C=O) groups is 1. The number of hydrogen-bond acceptors (Lipinski definition) is 4. The van der Waals surface area contributed by atoms with E-state index in [1.165, 1.54) is 0 Å². The van der Waals surface area contributed by atoms with Gasteiger partial charge in [-0.25, -0.2) is 0 Å². The highest BCUT2D eigenvalue weighted by Crippen LogP contribution is 2.35. The summed E-state index contributed by atoms with van der Waals surface area (Å²) in [6.45, 7) is 2.92. The molecule has 1 aliphatic heterocycles. The Bertz CT molecular complexity index is 460. The van der Waals surface area contributed by atoms with Crippen molar-refractivity contribution in [3.05, 3.63) is 23.8 Å². The van der Waals surface area contributed by atoms with Crippen LogP contribution in [0.3, 0.4) is 0 Å².